The van der Waals surface area contributed by atoms with Gasteiger partial charge in [0, 0.05) is 45.2 Å². The predicted octanol–water partition coefficient (Wildman–Crippen LogP) is 10.6. The predicted molar refractivity (Wildman–Crippen MR) is 191 cm³/mol. The maximum Gasteiger partial charge on any atom is 0.137 e. The standard InChI is InChI=1S/C42H30N4/c1-27-23-35(44-26-28(27)2)31-12-10-11-29(24-31)30-18-19-34-39(25-30)46(40-17-8-9-22-43-40)38-21-20-37-41(42(34)38)33-15-6-7-16-36(33)45(37)32-13-4-3-5-14-32/h3-26H,1-2H3. The molecule has 0 radical (unpaired) electrons. The number of aryl methyl sites for hydroxylation is 2. The van der Waals surface area contributed by atoms with Gasteiger partial charge in [0.2, 0.25) is 0 Å². The molecule has 218 valence electrons. The van der Waals surface area contributed by atoms with Crippen LogP contribution in [0.4, 0.5) is 0 Å². The van der Waals surface area contributed by atoms with Crippen LogP contribution in [0.15, 0.2) is 146 Å². The van der Waals surface area contributed by atoms with E-state index >= 15 is 0 Å². The number of hydrogen-bond acceptors (Lipinski definition) is 2. The maximum absolute atomic E-state index is 4.84. The van der Waals surface area contributed by atoms with Crippen LogP contribution < -0.4 is 0 Å². The monoisotopic (exact) mass is 590 g/mol. The second-order valence-electron chi connectivity index (χ2n) is 12.0. The van der Waals surface area contributed by atoms with Gasteiger partial charge in [0.1, 0.15) is 5.82 Å². The molecular weight excluding hydrogens is 560 g/mol. The molecule has 0 amide bonds. The van der Waals surface area contributed by atoms with Gasteiger partial charge < -0.3 is 4.57 Å². The van der Waals surface area contributed by atoms with Crippen molar-refractivity contribution >= 4 is 43.6 Å². The number of hydrogen-bond donors (Lipinski definition) is 0. The summed E-state index contributed by atoms with van der Waals surface area (Å²) >= 11 is 0. The van der Waals surface area contributed by atoms with Gasteiger partial charge in [0.05, 0.1) is 27.8 Å². The van der Waals surface area contributed by atoms with E-state index in [1.54, 1.807) is 0 Å². The molecule has 0 bridgehead atoms. The van der Waals surface area contributed by atoms with Crippen LogP contribution >= 0.6 is 0 Å². The Balaban J connectivity index is 1.34. The van der Waals surface area contributed by atoms with Crippen molar-refractivity contribution in [3.63, 3.8) is 0 Å². The first-order valence-corrected chi connectivity index (χ1v) is 15.7. The van der Waals surface area contributed by atoms with E-state index < -0.39 is 0 Å². The molecule has 0 aliphatic carbocycles. The van der Waals surface area contributed by atoms with Crippen molar-refractivity contribution in [1.29, 1.82) is 0 Å². The molecule has 9 aromatic rings. The summed E-state index contributed by atoms with van der Waals surface area (Å²) in [5.41, 5.74) is 12.7. The Morgan fingerprint density at radius 2 is 1.17 bits per heavy atom. The number of para-hydroxylation sites is 2. The van der Waals surface area contributed by atoms with Gasteiger partial charge >= 0.3 is 0 Å². The van der Waals surface area contributed by atoms with Gasteiger partial charge in [-0.25, -0.2) is 4.98 Å². The molecule has 0 aliphatic rings. The van der Waals surface area contributed by atoms with Crippen LogP contribution in [0.3, 0.4) is 0 Å². The SMILES string of the molecule is Cc1cnc(-c2cccc(-c3ccc4c5c6c7ccccc7n(-c7ccccc7)c6ccc5n(-c5ccccn5)c4c3)c2)cc1C. The summed E-state index contributed by atoms with van der Waals surface area (Å²) < 4.78 is 4.70. The van der Waals surface area contributed by atoms with Crippen molar-refractivity contribution in [2.75, 3.05) is 0 Å². The maximum atomic E-state index is 4.84. The number of nitrogens with zero attached hydrogens (tertiary/aromatic N) is 4. The molecule has 0 spiro atoms. The third-order valence-corrected chi connectivity index (χ3v) is 9.32. The Kier molecular flexibility index (Phi) is 5.90. The van der Waals surface area contributed by atoms with Crippen LogP contribution in [0.5, 0.6) is 0 Å². The minimum Gasteiger partial charge on any atom is -0.309 e. The average molecular weight is 591 g/mol. The zero-order valence-electron chi connectivity index (χ0n) is 25.6. The second kappa shape index (κ2) is 10.3. The summed E-state index contributed by atoms with van der Waals surface area (Å²) in [6.07, 6.45) is 3.83. The Morgan fingerprint density at radius 3 is 1.98 bits per heavy atom. The highest BCUT2D eigenvalue weighted by Crippen LogP contribution is 2.43. The van der Waals surface area contributed by atoms with Crippen molar-refractivity contribution in [3.05, 3.63) is 157 Å². The summed E-state index contributed by atoms with van der Waals surface area (Å²) in [6.45, 7) is 4.24. The molecule has 46 heavy (non-hydrogen) atoms. The largest absolute Gasteiger partial charge is 0.309 e. The normalized spacial score (nSPS) is 11.7. The first kappa shape index (κ1) is 26.4. The van der Waals surface area contributed by atoms with Gasteiger partial charge in [-0.05, 0) is 96.8 Å². The number of aromatic nitrogens is 4. The van der Waals surface area contributed by atoms with Crippen LogP contribution in [-0.2, 0) is 0 Å². The lowest BCUT2D eigenvalue weighted by Crippen LogP contribution is -1.97. The Bertz CT molecular complexity index is 2590. The van der Waals surface area contributed by atoms with Crippen LogP contribution in [0.2, 0.25) is 0 Å². The van der Waals surface area contributed by atoms with Gasteiger partial charge in [0.25, 0.3) is 0 Å². The molecule has 9 rings (SSSR count). The van der Waals surface area contributed by atoms with Gasteiger partial charge in [0.15, 0.2) is 0 Å². The molecule has 0 saturated carbocycles. The lowest BCUT2D eigenvalue weighted by molar-refractivity contribution is 1.08. The molecule has 4 nitrogen and oxygen atoms in total. The van der Waals surface area contributed by atoms with Gasteiger partial charge in [-0.1, -0.05) is 72.8 Å². The fraction of sp³-hybridized carbons (Fsp3) is 0.0476. The summed E-state index contributed by atoms with van der Waals surface area (Å²) in [5, 5.41) is 4.94. The van der Waals surface area contributed by atoms with Crippen molar-refractivity contribution in [3.8, 4) is 33.9 Å². The third kappa shape index (κ3) is 4.00. The highest BCUT2D eigenvalue weighted by Gasteiger charge is 2.21. The van der Waals surface area contributed by atoms with E-state index in [1.807, 2.05) is 18.5 Å². The van der Waals surface area contributed by atoms with Crippen molar-refractivity contribution in [2.24, 2.45) is 0 Å². The Labute approximate surface area is 266 Å². The molecule has 0 saturated heterocycles. The number of benzene rings is 5. The average Bonchev–Trinajstić information content (AvgIpc) is 3.62. The highest BCUT2D eigenvalue weighted by atomic mass is 15.1. The van der Waals surface area contributed by atoms with E-state index in [4.69, 9.17) is 9.97 Å². The molecule has 0 aliphatic heterocycles. The number of rotatable bonds is 4. The third-order valence-electron chi connectivity index (χ3n) is 9.32. The minimum atomic E-state index is 0.902. The summed E-state index contributed by atoms with van der Waals surface area (Å²) in [5.74, 6) is 0.902. The quantitative estimate of drug-likeness (QED) is 0.204. The molecule has 4 heterocycles. The van der Waals surface area contributed by atoms with E-state index in [0.717, 1.165) is 44.9 Å². The molecule has 0 fully saturated rings. The van der Waals surface area contributed by atoms with Crippen molar-refractivity contribution in [1.82, 2.24) is 19.1 Å². The summed E-state index contributed by atoms with van der Waals surface area (Å²) in [6, 6.07) is 47.8. The Hall–Kier alpha value is -6.00. The Morgan fingerprint density at radius 1 is 0.457 bits per heavy atom. The molecule has 0 N–H and O–H groups in total. The van der Waals surface area contributed by atoms with Gasteiger partial charge in [-0.3, -0.25) is 9.55 Å². The van der Waals surface area contributed by atoms with E-state index in [2.05, 4.69) is 150 Å². The van der Waals surface area contributed by atoms with Gasteiger partial charge in [-0.15, -0.1) is 0 Å². The fourth-order valence-corrected chi connectivity index (χ4v) is 6.97. The lowest BCUT2D eigenvalue weighted by Gasteiger charge is -2.10. The van der Waals surface area contributed by atoms with E-state index in [0.29, 0.717) is 0 Å². The molecular formula is C42H30N4. The smallest absolute Gasteiger partial charge is 0.137 e. The van der Waals surface area contributed by atoms with Crippen molar-refractivity contribution in [2.45, 2.75) is 13.8 Å². The molecule has 4 heteroatoms. The number of fused-ring (bicyclic) bond motifs is 7. The highest BCUT2D eigenvalue weighted by molar-refractivity contribution is 6.29. The zero-order chi connectivity index (χ0) is 30.8. The molecule has 0 unspecified atom stereocenters. The van der Waals surface area contributed by atoms with E-state index in [1.165, 1.54) is 43.7 Å². The van der Waals surface area contributed by atoms with Crippen LogP contribution in [0, 0.1) is 13.8 Å². The molecule has 5 aromatic carbocycles. The summed E-state index contributed by atoms with van der Waals surface area (Å²) in [4.78, 5) is 9.58. The summed E-state index contributed by atoms with van der Waals surface area (Å²) in [7, 11) is 0. The minimum absolute atomic E-state index is 0.902. The van der Waals surface area contributed by atoms with Crippen molar-refractivity contribution < 1.29 is 0 Å². The van der Waals surface area contributed by atoms with Crippen LogP contribution in [0.1, 0.15) is 11.1 Å². The lowest BCUT2D eigenvalue weighted by atomic mass is 9.99. The zero-order valence-corrected chi connectivity index (χ0v) is 25.6. The van der Waals surface area contributed by atoms with Crippen LogP contribution in [-0.4, -0.2) is 19.1 Å². The first-order valence-electron chi connectivity index (χ1n) is 15.7. The second-order valence-corrected chi connectivity index (χ2v) is 12.0. The van der Waals surface area contributed by atoms with E-state index in [-0.39, 0.29) is 0 Å². The van der Waals surface area contributed by atoms with Crippen LogP contribution in [0.25, 0.3) is 77.5 Å². The topological polar surface area (TPSA) is 35.6 Å². The first-order chi connectivity index (χ1) is 22.7. The van der Waals surface area contributed by atoms with E-state index in [9.17, 15) is 0 Å². The molecule has 0 atom stereocenters. The fourth-order valence-electron chi connectivity index (χ4n) is 6.97. The van der Waals surface area contributed by atoms with Gasteiger partial charge in [-0.2, -0.15) is 0 Å². The molecule has 4 aromatic heterocycles. The number of pyridine rings is 2.